The summed E-state index contributed by atoms with van der Waals surface area (Å²) in [5.41, 5.74) is 1.50. The van der Waals surface area contributed by atoms with Crippen molar-refractivity contribution < 1.29 is 14.3 Å². The first kappa shape index (κ1) is 15.7. The summed E-state index contributed by atoms with van der Waals surface area (Å²) in [6, 6.07) is 10.1. The summed E-state index contributed by atoms with van der Waals surface area (Å²) in [6.07, 6.45) is 3.36. The molecule has 1 fully saturated rings. The number of methoxy groups -OCH3 is 1. The lowest BCUT2D eigenvalue weighted by atomic mass is 10.1. The number of carbonyl (C=O) groups excluding carboxylic acids is 2. The van der Waals surface area contributed by atoms with Gasteiger partial charge in [-0.25, -0.2) is 9.78 Å². The van der Waals surface area contributed by atoms with Crippen molar-refractivity contribution in [3.8, 4) is 0 Å². The summed E-state index contributed by atoms with van der Waals surface area (Å²) in [7, 11) is 1.34. The van der Waals surface area contributed by atoms with Gasteiger partial charge in [0.05, 0.1) is 7.11 Å². The summed E-state index contributed by atoms with van der Waals surface area (Å²) in [6.45, 7) is 0. The summed E-state index contributed by atoms with van der Waals surface area (Å²) in [4.78, 5) is 28.8. The van der Waals surface area contributed by atoms with Crippen molar-refractivity contribution in [2.75, 3.05) is 12.4 Å². The fraction of sp³-hybridized carbons (Fsp3) is 0.353. The third-order valence-corrected chi connectivity index (χ3v) is 4.77. The zero-order valence-electron chi connectivity index (χ0n) is 12.9. The lowest BCUT2D eigenvalue weighted by molar-refractivity contribution is -0.117. The van der Waals surface area contributed by atoms with Crippen LogP contribution in [-0.2, 0) is 22.4 Å². The van der Waals surface area contributed by atoms with Gasteiger partial charge in [0.25, 0.3) is 0 Å². The molecule has 1 N–H and O–H groups in total. The van der Waals surface area contributed by atoms with E-state index in [0.717, 1.165) is 24.1 Å². The maximum Gasteiger partial charge on any atom is 0.357 e. The van der Waals surface area contributed by atoms with Crippen LogP contribution in [0.5, 0.6) is 0 Å². The van der Waals surface area contributed by atoms with E-state index in [1.807, 2.05) is 18.2 Å². The van der Waals surface area contributed by atoms with E-state index in [0.29, 0.717) is 17.2 Å². The number of esters is 1. The number of benzene rings is 1. The molecule has 0 radical (unpaired) electrons. The smallest absolute Gasteiger partial charge is 0.357 e. The van der Waals surface area contributed by atoms with Crippen molar-refractivity contribution >= 4 is 28.3 Å². The highest BCUT2D eigenvalue weighted by molar-refractivity contribution is 7.16. The second kappa shape index (κ2) is 6.91. The van der Waals surface area contributed by atoms with E-state index in [9.17, 15) is 9.59 Å². The van der Waals surface area contributed by atoms with Gasteiger partial charge in [-0.1, -0.05) is 30.3 Å². The molecule has 3 rings (SSSR count). The molecule has 0 unspecified atom stereocenters. The standard InChI is InChI=1S/C17H18N2O3S/c1-22-16(21)14-13(10-7-11-5-3-2-4-6-11)23-17(18-14)19-15(20)12-8-9-12/h2-6,12H,7-10H2,1H3,(H,18,19,20). The van der Waals surface area contributed by atoms with Gasteiger partial charge in [-0.2, -0.15) is 0 Å². The number of aryl methyl sites for hydroxylation is 2. The molecule has 0 aliphatic heterocycles. The average molecular weight is 330 g/mol. The number of nitrogens with one attached hydrogen (secondary N) is 1. The Bertz CT molecular complexity index is 708. The molecule has 0 atom stereocenters. The SMILES string of the molecule is COC(=O)c1nc(NC(=O)C2CC2)sc1CCc1ccccc1. The molecule has 1 aromatic heterocycles. The highest BCUT2D eigenvalue weighted by Crippen LogP contribution is 2.32. The molecule has 0 spiro atoms. The molecule has 1 amide bonds. The van der Waals surface area contributed by atoms with Crippen molar-refractivity contribution in [1.82, 2.24) is 4.98 Å². The fourth-order valence-corrected chi connectivity index (χ4v) is 3.24. The van der Waals surface area contributed by atoms with E-state index in [2.05, 4.69) is 22.4 Å². The first-order chi connectivity index (χ1) is 11.2. The van der Waals surface area contributed by atoms with Gasteiger partial charge in [-0.05, 0) is 31.2 Å². The Labute approximate surface area is 138 Å². The largest absolute Gasteiger partial charge is 0.464 e. The fourth-order valence-electron chi connectivity index (χ4n) is 2.29. The van der Waals surface area contributed by atoms with Gasteiger partial charge in [0.1, 0.15) is 0 Å². The highest BCUT2D eigenvalue weighted by Gasteiger charge is 2.30. The summed E-state index contributed by atoms with van der Waals surface area (Å²) in [5.74, 6) is -0.366. The molecule has 0 saturated heterocycles. The van der Waals surface area contributed by atoms with Crippen LogP contribution in [0.25, 0.3) is 0 Å². The number of carbonyl (C=O) groups is 2. The Balaban J connectivity index is 1.74. The maximum absolute atomic E-state index is 11.9. The quantitative estimate of drug-likeness (QED) is 0.827. The number of anilines is 1. The van der Waals surface area contributed by atoms with Crippen LogP contribution in [0.2, 0.25) is 0 Å². The molecule has 1 saturated carbocycles. The van der Waals surface area contributed by atoms with Crippen molar-refractivity contribution in [3.05, 3.63) is 46.5 Å². The first-order valence-corrected chi connectivity index (χ1v) is 8.42. The van der Waals surface area contributed by atoms with Gasteiger partial charge >= 0.3 is 5.97 Å². The minimum atomic E-state index is -0.462. The summed E-state index contributed by atoms with van der Waals surface area (Å²) >= 11 is 1.35. The van der Waals surface area contributed by atoms with Crippen LogP contribution in [0.1, 0.15) is 33.8 Å². The van der Waals surface area contributed by atoms with Crippen molar-refractivity contribution in [1.29, 1.82) is 0 Å². The number of hydrogen-bond acceptors (Lipinski definition) is 5. The molecule has 1 aliphatic rings. The molecule has 1 aliphatic carbocycles. The second-order valence-electron chi connectivity index (χ2n) is 5.53. The number of amides is 1. The van der Waals surface area contributed by atoms with Gasteiger partial charge in [0.2, 0.25) is 5.91 Å². The third-order valence-electron chi connectivity index (χ3n) is 3.74. The number of aromatic nitrogens is 1. The molecule has 23 heavy (non-hydrogen) atoms. The van der Waals surface area contributed by atoms with E-state index in [1.54, 1.807) is 0 Å². The minimum absolute atomic E-state index is 0.00947. The number of rotatable bonds is 6. The van der Waals surface area contributed by atoms with Crippen LogP contribution in [0.3, 0.4) is 0 Å². The van der Waals surface area contributed by atoms with E-state index in [-0.39, 0.29) is 11.8 Å². The first-order valence-electron chi connectivity index (χ1n) is 7.60. The van der Waals surface area contributed by atoms with Gasteiger partial charge < -0.3 is 10.1 Å². The highest BCUT2D eigenvalue weighted by atomic mass is 32.1. The van der Waals surface area contributed by atoms with Gasteiger partial charge in [-0.3, -0.25) is 4.79 Å². The van der Waals surface area contributed by atoms with Crippen LogP contribution < -0.4 is 5.32 Å². The Hall–Kier alpha value is -2.21. The van der Waals surface area contributed by atoms with Gasteiger partial charge in [-0.15, -0.1) is 11.3 Å². The monoisotopic (exact) mass is 330 g/mol. The van der Waals surface area contributed by atoms with Crippen LogP contribution >= 0.6 is 11.3 Å². The molecular formula is C17H18N2O3S. The van der Waals surface area contributed by atoms with Crippen LogP contribution in [-0.4, -0.2) is 24.0 Å². The molecule has 2 aromatic rings. The summed E-state index contributed by atoms with van der Waals surface area (Å²) < 4.78 is 4.80. The zero-order chi connectivity index (χ0) is 16.2. The maximum atomic E-state index is 11.9. The molecule has 120 valence electrons. The Kier molecular flexibility index (Phi) is 4.71. The number of nitrogens with zero attached hydrogens (tertiary/aromatic N) is 1. The van der Waals surface area contributed by atoms with Gasteiger partial charge in [0.15, 0.2) is 10.8 Å². The average Bonchev–Trinajstić information content (AvgIpc) is 3.35. The molecule has 1 heterocycles. The minimum Gasteiger partial charge on any atom is -0.464 e. The Morgan fingerprint density at radius 2 is 2.00 bits per heavy atom. The summed E-state index contributed by atoms with van der Waals surface area (Å²) in [5, 5.41) is 3.28. The van der Waals surface area contributed by atoms with Crippen molar-refractivity contribution in [2.24, 2.45) is 5.92 Å². The lowest BCUT2D eigenvalue weighted by Gasteiger charge is -2.01. The van der Waals surface area contributed by atoms with Crippen LogP contribution in [0, 0.1) is 5.92 Å². The third kappa shape index (κ3) is 3.96. The van der Waals surface area contributed by atoms with Crippen molar-refractivity contribution in [2.45, 2.75) is 25.7 Å². The van der Waals surface area contributed by atoms with Crippen molar-refractivity contribution in [3.63, 3.8) is 0 Å². The number of thiazole rings is 1. The predicted octanol–water partition coefficient (Wildman–Crippen LogP) is 3.06. The van der Waals surface area contributed by atoms with E-state index >= 15 is 0 Å². The molecule has 6 heteroatoms. The predicted molar refractivity (Wildman–Crippen MR) is 88.7 cm³/mol. The van der Waals surface area contributed by atoms with E-state index in [4.69, 9.17) is 4.74 Å². The molecule has 0 bridgehead atoms. The molecule has 1 aromatic carbocycles. The molecular weight excluding hydrogens is 312 g/mol. The molecule has 5 nitrogen and oxygen atoms in total. The lowest BCUT2D eigenvalue weighted by Crippen LogP contribution is -2.13. The normalized spacial score (nSPS) is 13.6. The topological polar surface area (TPSA) is 68.3 Å². The van der Waals surface area contributed by atoms with E-state index < -0.39 is 5.97 Å². The Morgan fingerprint density at radius 3 is 2.65 bits per heavy atom. The number of hydrogen-bond donors (Lipinski definition) is 1. The van der Waals surface area contributed by atoms with Crippen LogP contribution in [0.15, 0.2) is 30.3 Å². The Morgan fingerprint density at radius 1 is 1.26 bits per heavy atom. The number of ether oxygens (including phenoxy) is 1. The zero-order valence-corrected chi connectivity index (χ0v) is 13.7. The second-order valence-corrected chi connectivity index (χ2v) is 6.62. The van der Waals surface area contributed by atoms with Gasteiger partial charge in [0, 0.05) is 10.8 Å². The van der Waals surface area contributed by atoms with Crippen LogP contribution in [0.4, 0.5) is 5.13 Å². The van der Waals surface area contributed by atoms with E-state index in [1.165, 1.54) is 24.0 Å².